The number of nitriles is 1. The van der Waals surface area contributed by atoms with Crippen molar-refractivity contribution in [3.63, 3.8) is 0 Å². The van der Waals surface area contributed by atoms with E-state index in [0.717, 1.165) is 37.2 Å². The Labute approximate surface area is 193 Å². The van der Waals surface area contributed by atoms with E-state index in [1.54, 1.807) is 12.1 Å². The first-order chi connectivity index (χ1) is 16.2. The topological polar surface area (TPSA) is 42.2 Å². The molecule has 3 nitrogen and oxygen atoms in total. The molecule has 162 valence electrons. The summed E-state index contributed by atoms with van der Waals surface area (Å²) < 4.78 is 12.9. The monoisotopic (exact) mass is 431 g/mol. The zero-order valence-electron chi connectivity index (χ0n) is 18.7. The van der Waals surface area contributed by atoms with Crippen LogP contribution in [0.4, 0.5) is 0 Å². The molecule has 5 aromatic carbocycles. The van der Waals surface area contributed by atoms with Gasteiger partial charge in [-0.2, -0.15) is 5.26 Å². The number of hydrogen-bond donors (Lipinski definition) is 0. The molecule has 0 saturated heterocycles. The van der Waals surface area contributed by atoms with Crippen LogP contribution in [-0.4, -0.2) is 12.2 Å². The third-order valence-electron chi connectivity index (χ3n) is 7.00. The van der Waals surface area contributed by atoms with Gasteiger partial charge in [-0.15, -0.1) is 0 Å². The molecule has 0 radical (unpaired) electrons. The number of hydrogen-bond acceptors (Lipinski definition) is 3. The maximum atomic E-state index is 9.00. The first-order valence-corrected chi connectivity index (χ1v) is 11.7. The Bertz CT molecular complexity index is 1500. The van der Waals surface area contributed by atoms with Crippen molar-refractivity contribution in [3.8, 4) is 17.6 Å². The second-order valence-corrected chi connectivity index (χ2v) is 9.15. The summed E-state index contributed by atoms with van der Waals surface area (Å²) in [6.07, 6.45) is 4.25. The molecule has 2 atom stereocenters. The van der Waals surface area contributed by atoms with Crippen molar-refractivity contribution >= 4 is 32.3 Å². The lowest BCUT2D eigenvalue weighted by Crippen LogP contribution is -2.32. The molecule has 5 aromatic rings. The summed E-state index contributed by atoms with van der Waals surface area (Å²) in [7, 11) is 0. The summed E-state index contributed by atoms with van der Waals surface area (Å²) in [6, 6.07) is 27.2. The van der Waals surface area contributed by atoms with Crippen molar-refractivity contribution < 1.29 is 9.47 Å². The van der Waals surface area contributed by atoms with Gasteiger partial charge in [0.25, 0.3) is 0 Å². The Morgan fingerprint density at radius 1 is 0.727 bits per heavy atom. The predicted molar refractivity (Wildman–Crippen MR) is 133 cm³/mol. The molecule has 1 fully saturated rings. The Morgan fingerprint density at radius 2 is 1.36 bits per heavy atom. The normalized spacial score (nSPS) is 18.5. The molecule has 2 unspecified atom stereocenters. The maximum absolute atomic E-state index is 9.00. The van der Waals surface area contributed by atoms with Crippen LogP contribution in [0.5, 0.6) is 11.5 Å². The molecule has 0 aromatic heterocycles. The lowest BCUT2D eigenvalue weighted by Gasteiger charge is -2.30. The molecule has 33 heavy (non-hydrogen) atoms. The van der Waals surface area contributed by atoms with Crippen LogP contribution in [0.1, 0.15) is 36.8 Å². The van der Waals surface area contributed by atoms with Crippen LogP contribution >= 0.6 is 0 Å². The van der Waals surface area contributed by atoms with E-state index in [9.17, 15) is 0 Å². The Hall–Kier alpha value is -3.77. The summed E-state index contributed by atoms with van der Waals surface area (Å²) in [4.78, 5) is 0. The van der Waals surface area contributed by atoms with Gasteiger partial charge in [0.15, 0.2) is 0 Å². The highest BCUT2D eigenvalue weighted by Crippen LogP contribution is 2.40. The zero-order valence-corrected chi connectivity index (χ0v) is 18.7. The lowest BCUT2D eigenvalue weighted by molar-refractivity contribution is 0.0689. The third kappa shape index (κ3) is 3.52. The van der Waals surface area contributed by atoms with E-state index in [1.165, 1.54) is 37.9 Å². The number of benzene rings is 5. The van der Waals surface area contributed by atoms with Gasteiger partial charge in [-0.3, -0.25) is 0 Å². The molecule has 0 aliphatic heterocycles. The predicted octanol–water partition coefficient (Wildman–Crippen LogP) is 7.53. The fraction of sp³-hybridized carbons (Fsp3) is 0.233. The van der Waals surface area contributed by atoms with E-state index in [0.29, 0.717) is 5.56 Å². The van der Waals surface area contributed by atoms with Crippen LogP contribution in [0.15, 0.2) is 72.8 Å². The minimum Gasteiger partial charge on any atom is -0.490 e. The number of nitrogens with zero attached hydrogens (tertiary/aromatic N) is 1. The average Bonchev–Trinajstić information content (AvgIpc) is 2.85. The van der Waals surface area contributed by atoms with Gasteiger partial charge >= 0.3 is 0 Å². The second-order valence-electron chi connectivity index (χ2n) is 9.15. The van der Waals surface area contributed by atoms with Gasteiger partial charge in [-0.1, -0.05) is 36.4 Å². The maximum Gasteiger partial charge on any atom is 0.127 e. The first-order valence-electron chi connectivity index (χ1n) is 11.7. The largest absolute Gasteiger partial charge is 0.490 e. The van der Waals surface area contributed by atoms with Crippen molar-refractivity contribution in [3.05, 3.63) is 83.9 Å². The molecule has 3 heteroatoms. The number of rotatable bonds is 4. The van der Waals surface area contributed by atoms with Crippen molar-refractivity contribution in [2.24, 2.45) is 0 Å². The smallest absolute Gasteiger partial charge is 0.127 e. The zero-order chi connectivity index (χ0) is 22.4. The van der Waals surface area contributed by atoms with Gasteiger partial charge in [-0.05, 0) is 89.7 Å². The van der Waals surface area contributed by atoms with Gasteiger partial charge in [0, 0.05) is 17.2 Å². The van der Waals surface area contributed by atoms with E-state index in [4.69, 9.17) is 14.7 Å². The van der Waals surface area contributed by atoms with Crippen LogP contribution in [0.2, 0.25) is 0 Å². The van der Waals surface area contributed by atoms with Crippen LogP contribution in [0.3, 0.4) is 0 Å². The second kappa shape index (κ2) is 7.98. The molecule has 1 saturated carbocycles. The first kappa shape index (κ1) is 19.9. The highest BCUT2D eigenvalue weighted by molar-refractivity contribution is 6.24. The van der Waals surface area contributed by atoms with E-state index in [2.05, 4.69) is 61.5 Å². The Kier molecular flexibility index (Phi) is 4.80. The van der Waals surface area contributed by atoms with Crippen molar-refractivity contribution in [2.45, 2.75) is 44.8 Å². The summed E-state index contributed by atoms with van der Waals surface area (Å²) in [5, 5.41) is 16.7. The van der Waals surface area contributed by atoms with Crippen LogP contribution in [-0.2, 0) is 0 Å². The molecular weight excluding hydrogens is 406 g/mol. The number of ether oxygens (including phenoxy) is 2. The summed E-state index contributed by atoms with van der Waals surface area (Å²) in [5.41, 5.74) is 1.95. The lowest BCUT2D eigenvalue weighted by atomic mass is 9.91. The summed E-state index contributed by atoms with van der Waals surface area (Å²) >= 11 is 0. The highest BCUT2D eigenvalue weighted by atomic mass is 16.5. The fourth-order valence-electron chi connectivity index (χ4n) is 5.32. The molecule has 1 aliphatic carbocycles. The molecular formula is C30H25NO2. The molecule has 0 heterocycles. The van der Waals surface area contributed by atoms with Gasteiger partial charge < -0.3 is 9.47 Å². The molecule has 0 spiro atoms. The quantitative estimate of drug-likeness (QED) is 0.276. The van der Waals surface area contributed by atoms with E-state index >= 15 is 0 Å². The van der Waals surface area contributed by atoms with Gasteiger partial charge in [-0.25, -0.2) is 0 Å². The molecule has 0 amide bonds. The van der Waals surface area contributed by atoms with Crippen LogP contribution < -0.4 is 9.47 Å². The Morgan fingerprint density at radius 3 is 2.12 bits per heavy atom. The average molecular weight is 432 g/mol. The fourth-order valence-corrected chi connectivity index (χ4v) is 5.32. The minimum atomic E-state index is 0.124. The molecule has 1 aliphatic rings. The van der Waals surface area contributed by atoms with Gasteiger partial charge in [0.1, 0.15) is 23.7 Å². The standard InChI is InChI=1S/C30H25NO2/c1-19-5-8-21-10-15-27-28(16-11-22-9-14-26(19)29(21)30(22)27)33-25-4-2-3-24(17-25)32-23-12-6-20(18-31)7-13-23/h5-16,24-25H,2-4,17H2,1H3. The van der Waals surface area contributed by atoms with Gasteiger partial charge in [0.2, 0.25) is 0 Å². The van der Waals surface area contributed by atoms with Crippen molar-refractivity contribution in [2.75, 3.05) is 0 Å². The van der Waals surface area contributed by atoms with Crippen LogP contribution in [0.25, 0.3) is 32.3 Å². The minimum absolute atomic E-state index is 0.124. The SMILES string of the molecule is Cc1ccc2ccc3c(OC4CCCC(Oc5ccc(C#N)cc5)C4)ccc4ccc1c2c43. The summed E-state index contributed by atoms with van der Waals surface area (Å²) in [6.45, 7) is 2.18. The van der Waals surface area contributed by atoms with E-state index in [1.807, 2.05) is 12.1 Å². The molecule has 6 rings (SSSR count). The van der Waals surface area contributed by atoms with Gasteiger partial charge in [0.05, 0.1) is 11.6 Å². The van der Waals surface area contributed by atoms with Crippen molar-refractivity contribution in [1.82, 2.24) is 0 Å². The summed E-state index contributed by atoms with van der Waals surface area (Å²) in [5.74, 6) is 1.78. The van der Waals surface area contributed by atoms with E-state index < -0.39 is 0 Å². The van der Waals surface area contributed by atoms with Crippen LogP contribution in [0, 0.1) is 18.3 Å². The molecule has 0 bridgehead atoms. The van der Waals surface area contributed by atoms with Crippen molar-refractivity contribution in [1.29, 1.82) is 5.26 Å². The third-order valence-corrected chi connectivity index (χ3v) is 7.00. The van der Waals surface area contributed by atoms with E-state index in [-0.39, 0.29) is 12.2 Å². The molecule has 0 N–H and O–H groups in total. The number of aryl methyl sites for hydroxylation is 1. The highest BCUT2D eigenvalue weighted by Gasteiger charge is 2.25. The Balaban J connectivity index is 1.29.